The smallest absolute Gasteiger partial charge is 0.319 e. The van der Waals surface area contributed by atoms with Crippen LogP contribution in [0.3, 0.4) is 0 Å². The van der Waals surface area contributed by atoms with E-state index in [2.05, 4.69) is 58.1 Å². The lowest BCUT2D eigenvalue weighted by molar-refractivity contribution is 0.0984. The van der Waals surface area contributed by atoms with E-state index in [1.165, 1.54) is 5.56 Å². The summed E-state index contributed by atoms with van der Waals surface area (Å²) in [6, 6.07) is 7.86. The number of carbonyl (C=O) groups excluding carboxylic acids is 1. The lowest BCUT2D eigenvalue weighted by atomic mass is 10.0. The molecule has 2 aliphatic rings. The number of fused-ring (bicyclic) bond motifs is 1. The highest BCUT2D eigenvalue weighted by atomic mass is 16.5. The van der Waals surface area contributed by atoms with Crippen LogP contribution in [0.15, 0.2) is 36.7 Å². The van der Waals surface area contributed by atoms with Crippen LogP contribution in [0.4, 0.5) is 22.2 Å². The van der Waals surface area contributed by atoms with Crippen LogP contribution in [0.25, 0.3) is 11.4 Å². The first kappa shape index (κ1) is 28.7. The van der Waals surface area contributed by atoms with Crippen LogP contribution in [-0.4, -0.2) is 64.4 Å². The van der Waals surface area contributed by atoms with E-state index < -0.39 is 0 Å². The molecule has 2 N–H and O–H groups in total. The fourth-order valence-electron chi connectivity index (χ4n) is 5.54. The Morgan fingerprint density at radius 1 is 1.10 bits per heavy atom. The normalized spacial score (nSPS) is 17.8. The van der Waals surface area contributed by atoms with Crippen LogP contribution in [0.2, 0.25) is 0 Å². The average molecular weight is 559 g/mol. The van der Waals surface area contributed by atoms with Crippen molar-refractivity contribution in [2.45, 2.75) is 72.5 Å². The third-order valence-corrected chi connectivity index (χ3v) is 7.67. The van der Waals surface area contributed by atoms with Gasteiger partial charge in [-0.05, 0) is 68.9 Å². The maximum absolute atomic E-state index is 12.5. The summed E-state index contributed by atoms with van der Waals surface area (Å²) < 4.78 is 5.72. The Kier molecular flexibility index (Phi) is 8.97. The molecule has 10 nitrogen and oxygen atoms in total. The molecule has 2 aromatic heterocycles. The van der Waals surface area contributed by atoms with Gasteiger partial charge in [0.15, 0.2) is 5.82 Å². The van der Waals surface area contributed by atoms with Gasteiger partial charge in [-0.1, -0.05) is 20.8 Å². The Labute approximate surface area is 243 Å². The number of urea groups is 1. The van der Waals surface area contributed by atoms with Gasteiger partial charge in [-0.15, -0.1) is 0 Å². The Morgan fingerprint density at radius 2 is 1.85 bits per heavy atom. The number of hydrogen-bond donors (Lipinski definition) is 2. The molecule has 2 unspecified atom stereocenters. The van der Waals surface area contributed by atoms with Crippen LogP contribution in [0.5, 0.6) is 0 Å². The summed E-state index contributed by atoms with van der Waals surface area (Å²) in [7, 11) is 0. The quantitative estimate of drug-likeness (QED) is 0.404. The number of aryl methyl sites for hydroxylation is 1. The Bertz CT molecular complexity index is 1330. The van der Waals surface area contributed by atoms with E-state index in [1.54, 1.807) is 0 Å². The van der Waals surface area contributed by atoms with E-state index in [9.17, 15) is 4.79 Å². The van der Waals surface area contributed by atoms with E-state index in [1.807, 2.05) is 43.6 Å². The maximum atomic E-state index is 12.5. The molecule has 1 aromatic carbocycles. The highest BCUT2D eigenvalue weighted by Gasteiger charge is 2.29. The first-order valence-electron chi connectivity index (χ1n) is 14.8. The second-order valence-corrected chi connectivity index (χ2v) is 11.5. The molecule has 2 amide bonds. The minimum Gasteiger partial charge on any atom is -0.377 e. The van der Waals surface area contributed by atoms with Crippen LogP contribution in [0.1, 0.15) is 57.9 Å². The molecular weight excluding hydrogens is 516 g/mol. The van der Waals surface area contributed by atoms with Crippen molar-refractivity contribution >= 4 is 23.5 Å². The minimum atomic E-state index is -0.200. The van der Waals surface area contributed by atoms with Crippen molar-refractivity contribution < 1.29 is 9.53 Å². The standard InChI is InChI=1S/C31H42N8O2/c1-6-23-16-32-30(33-17-23)38-12-11-26-27(18-38)36-28(37-29(26)39-13-14-41-19-22(39)5)24-7-9-25(10-8-24)35-31(40)34-21(4)15-20(2)3/h7-10,16-17,20-22H,6,11-15,18-19H2,1-5H3,(H2,34,35,40). The van der Waals surface area contributed by atoms with Crippen molar-refractivity contribution in [1.82, 2.24) is 25.3 Å². The van der Waals surface area contributed by atoms with Gasteiger partial charge in [-0.2, -0.15) is 0 Å². The van der Waals surface area contributed by atoms with E-state index in [0.29, 0.717) is 31.5 Å². The van der Waals surface area contributed by atoms with E-state index >= 15 is 0 Å². The molecule has 0 spiro atoms. The minimum absolute atomic E-state index is 0.105. The molecule has 5 rings (SSSR count). The number of carbonyl (C=O) groups is 1. The highest BCUT2D eigenvalue weighted by Crippen LogP contribution is 2.32. The second kappa shape index (κ2) is 12.8. The predicted octanol–water partition coefficient (Wildman–Crippen LogP) is 4.84. The molecule has 41 heavy (non-hydrogen) atoms. The Morgan fingerprint density at radius 3 is 2.54 bits per heavy atom. The number of ether oxygens (including phenoxy) is 1. The van der Waals surface area contributed by atoms with Crippen LogP contribution in [0, 0.1) is 5.92 Å². The van der Waals surface area contributed by atoms with Crippen molar-refractivity contribution in [3.05, 3.63) is 53.5 Å². The molecular formula is C31H42N8O2. The number of anilines is 3. The summed E-state index contributed by atoms with van der Waals surface area (Å²) in [5.41, 5.74) is 4.93. The van der Waals surface area contributed by atoms with Crippen molar-refractivity contribution in [2.24, 2.45) is 5.92 Å². The molecule has 218 valence electrons. The first-order valence-corrected chi connectivity index (χ1v) is 14.8. The van der Waals surface area contributed by atoms with Gasteiger partial charge in [-0.3, -0.25) is 0 Å². The third kappa shape index (κ3) is 6.93. The number of amides is 2. The van der Waals surface area contributed by atoms with E-state index in [4.69, 9.17) is 14.7 Å². The fourth-order valence-corrected chi connectivity index (χ4v) is 5.54. The molecule has 0 bridgehead atoms. The SMILES string of the molecule is CCc1cnc(N2CCc3c(nc(-c4ccc(NC(=O)NC(C)CC(C)C)cc4)nc3N3CCOCC3C)C2)nc1. The van der Waals surface area contributed by atoms with Gasteiger partial charge < -0.3 is 25.2 Å². The topological polar surface area (TPSA) is 108 Å². The lowest BCUT2D eigenvalue weighted by Crippen LogP contribution is -2.45. The highest BCUT2D eigenvalue weighted by molar-refractivity contribution is 5.89. The number of nitrogens with one attached hydrogen (secondary N) is 2. The van der Waals surface area contributed by atoms with E-state index in [-0.39, 0.29) is 18.1 Å². The molecule has 0 radical (unpaired) electrons. The average Bonchev–Trinajstić information content (AvgIpc) is 2.96. The summed E-state index contributed by atoms with van der Waals surface area (Å²) >= 11 is 0. The zero-order valence-corrected chi connectivity index (χ0v) is 24.9. The van der Waals surface area contributed by atoms with Gasteiger partial charge in [0.1, 0.15) is 5.82 Å². The van der Waals surface area contributed by atoms with Gasteiger partial charge in [0.2, 0.25) is 5.95 Å². The van der Waals surface area contributed by atoms with Gasteiger partial charge >= 0.3 is 6.03 Å². The molecule has 2 aliphatic heterocycles. The molecule has 2 atom stereocenters. The summed E-state index contributed by atoms with van der Waals surface area (Å²) in [5, 5.41) is 5.95. The summed E-state index contributed by atoms with van der Waals surface area (Å²) in [6.07, 6.45) is 6.48. The monoisotopic (exact) mass is 558 g/mol. The van der Waals surface area contributed by atoms with Crippen LogP contribution in [-0.2, 0) is 24.1 Å². The summed E-state index contributed by atoms with van der Waals surface area (Å²) in [4.78, 5) is 36.4. The van der Waals surface area contributed by atoms with Gasteiger partial charge in [0.25, 0.3) is 0 Å². The summed E-state index contributed by atoms with van der Waals surface area (Å²) in [6.45, 7) is 14.2. The lowest BCUT2D eigenvalue weighted by Gasteiger charge is -2.37. The molecule has 0 aliphatic carbocycles. The molecule has 10 heteroatoms. The van der Waals surface area contributed by atoms with Crippen molar-refractivity contribution in [3.63, 3.8) is 0 Å². The van der Waals surface area contributed by atoms with Crippen LogP contribution < -0.4 is 20.4 Å². The van der Waals surface area contributed by atoms with E-state index in [0.717, 1.165) is 66.6 Å². The van der Waals surface area contributed by atoms with Gasteiger partial charge in [0.05, 0.1) is 31.5 Å². The molecule has 1 saturated heterocycles. The van der Waals surface area contributed by atoms with Crippen LogP contribution >= 0.6 is 0 Å². The zero-order chi connectivity index (χ0) is 28.9. The molecule has 1 fully saturated rings. The number of morpholine rings is 1. The summed E-state index contributed by atoms with van der Waals surface area (Å²) in [5.74, 6) is 2.91. The fraction of sp³-hybridized carbons (Fsp3) is 0.516. The first-order chi connectivity index (χ1) is 19.8. The Balaban J connectivity index is 1.40. The number of nitrogens with zero attached hydrogens (tertiary/aromatic N) is 6. The predicted molar refractivity (Wildman–Crippen MR) is 162 cm³/mol. The maximum Gasteiger partial charge on any atom is 0.319 e. The molecule has 3 aromatic rings. The zero-order valence-electron chi connectivity index (χ0n) is 24.9. The number of rotatable bonds is 8. The number of hydrogen-bond acceptors (Lipinski definition) is 8. The number of benzene rings is 1. The third-order valence-electron chi connectivity index (χ3n) is 7.67. The van der Waals surface area contributed by atoms with Crippen molar-refractivity contribution in [3.8, 4) is 11.4 Å². The largest absolute Gasteiger partial charge is 0.377 e. The van der Waals surface area contributed by atoms with Crippen molar-refractivity contribution in [2.75, 3.05) is 41.4 Å². The molecule has 4 heterocycles. The van der Waals surface area contributed by atoms with Gasteiger partial charge in [-0.25, -0.2) is 24.7 Å². The second-order valence-electron chi connectivity index (χ2n) is 11.5. The Hall–Kier alpha value is -3.79. The van der Waals surface area contributed by atoms with Gasteiger partial charge in [0, 0.05) is 48.3 Å². The van der Waals surface area contributed by atoms with Crippen molar-refractivity contribution in [1.29, 1.82) is 0 Å². The molecule has 0 saturated carbocycles. The number of aromatic nitrogens is 4.